The molecule has 1 amide bonds. The number of hydrogen-bond donors (Lipinski definition) is 0. The summed E-state index contributed by atoms with van der Waals surface area (Å²) in [5, 5.41) is 0. The van der Waals surface area contributed by atoms with Crippen molar-refractivity contribution >= 4 is 5.91 Å². The Morgan fingerprint density at radius 3 is 1.93 bits per heavy atom. The first-order chi connectivity index (χ1) is 6.37. The van der Waals surface area contributed by atoms with E-state index in [-0.39, 0.29) is 5.91 Å². The van der Waals surface area contributed by atoms with Crippen LogP contribution >= 0.6 is 0 Å². The molecule has 1 aromatic heterocycles. The lowest BCUT2D eigenvalue weighted by Gasteiger charge is -2.10. The van der Waals surface area contributed by atoms with Crippen LogP contribution in [0.25, 0.3) is 0 Å². The average molecular weight is 194 g/mol. The molecule has 0 spiro atoms. The van der Waals surface area contributed by atoms with Gasteiger partial charge in [0.05, 0.1) is 5.56 Å². The summed E-state index contributed by atoms with van der Waals surface area (Å²) in [4.78, 5) is 13.5. The lowest BCUT2D eigenvalue weighted by molar-refractivity contribution is 0.0826. The second-order valence-electron chi connectivity index (χ2n) is 3.93. The Morgan fingerprint density at radius 1 is 1.14 bits per heavy atom. The topological polar surface area (TPSA) is 25.2 Å². The van der Waals surface area contributed by atoms with Crippen LogP contribution in [0.3, 0.4) is 0 Å². The van der Waals surface area contributed by atoms with Gasteiger partial charge in [0, 0.05) is 32.5 Å². The first-order valence-electron chi connectivity index (χ1n) is 4.72. The van der Waals surface area contributed by atoms with E-state index in [0.29, 0.717) is 0 Å². The van der Waals surface area contributed by atoms with Gasteiger partial charge in [0.2, 0.25) is 0 Å². The minimum absolute atomic E-state index is 0.0868. The molecule has 0 aliphatic carbocycles. The van der Waals surface area contributed by atoms with E-state index in [2.05, 4.69) is 4.57 Å². The molecule has 0 unspecified atom stereocenters. The molecule has 1 heterocycles. The molecule has 0 aliphatic heterocycles. The lowest BCUT2D eigenvalue weighted by atomic mass is 10.1. The van der Waals surface area contributed by atoms with E-state index in [1.54, 1.807) is 19.0 Å². The van der Waals surface area contributed by atoms with Crippen LogP contribution < -0.4 is 0 Å². The molecule has 14 heavy (non-hydrogen) atoms. The Balaban J connectivity index is 3.35. The van der Waals surface area contributed by atoms with Gasteiger partial charge in [-0.05, 0) is 26.3 Å². The average Bonchev–Trinajstić information content (AvgIpc) is 2.30. The predicted molar refractivity (Wildman–Crippen MR) is 57.6 cm³/mol. The maximum Gasteiger partial charge on any atom is 0.255 e. The maximum absolute atomic E-state index is 11.9. The predicted octanol–water partition coefficient (Wildman–Crippen LogP) is 1.65. The number of rotatable bonds is 1. The molecule has 0 aliphatic rings. The fourth-order valence-corrected chi connectivity index (χ4v) is 1.66. The van der Waals surface area contributed by atoms with E-state index in [1.165, 1.54) is 0 Å². The van der Waals surface area contributed by atoms with Crippen molar-refractivity contribution in [3.8, 4) is 0 Å². The molecule has 0 bridgehead atoms. The normalized spacial score (nSPS) is 10.4. The summed E-state index contributed by atoms with van der Waals surface area (Å²) < 4.78 is 2.06. The van der Waals surface area contributed by atoms with Crippen molar-refractivity contribution in [1.29, 1.82) is 0 Å². The third-order valence-electron chi connectivity index (χ3n) is 2.91. The van der Waals surface area contributed by atoms with E-state index in [0.717, 1.165) is 22.5 Å². The summed E-state index contributed by atoms with van der Waals surface area (Å²) in [5.41, 5.74) is 4.13. The molecule has 0 fully saturated rings. The highest BCUT2D eigenvalue weighted by atomic mass is 16.2. The second-order valence-corrected chi connectivity index (χ2v) is 3.93. The lowest BCUT2D eigenvalue weighted by Crippen LogP contribution is -2.22. The number of amides is 1. The number of nitrogens with zero attached hydrogens (tertiary/aromatic N) is 2. The maximum atomic E-state index is 11.9. The molecule has 0 N–H and O–H groups in total. The third kappa shape index (κ3) is 1.43. The minimum Gasteiger partial charge on any atom is -0.351 e. The Bertz CT molecular complexity index is 350. The van der Waals surface area contributed by atoms with E-state index < -0.39 is 0 Å². The number of aromatic nitrogens is 1. The van der Waals surface area contributed by atoms with Gasteiger partial charge in [-0.15, -0.1) is 0 Å². The summed E-state index contributed by atoms with van der Waals surface area (Å²) in [5.74, 6) is 0.0868. The summed E-state index contributed by atoms with van der Waals surface area (Å²) in [6.45, 7) is 6.02. The van der Waals surface area contributed by atoms with Gasteiger partial charge in [0.25, 0.3) is 5.91 Å². The Morgan fingerprint density at radius 2 is 1.64 bits per heavy atom. The molecule has 0 radical (unpaired) electrons. The van der Waals surface area contributed by atoms with E-state index in [4.69, 9.17) is 0 Å². The van der Waals surface area contributed by atoms with Crippen molar-refractivity contribution in [3.63, 3.8) is 0 Å². The molecule has 0 atom stereocenters. The van der Waals surface area contributed by atoms with Gasteiger partial charge in [-0.3, -0.25) is 4.79 Å². The van der Waals surface area contributed by atoms with Crippen LogP contribution in [0.15, 0.2) is 0 Å². The van der Waals surface area contributed by atoms with Gasteiger partial charge in [-0.2, -0.15) is 0 Å². The van der Waals surface area contributed by atoms with Gasteiger partial charge >= 0.3 is 0 Å². The largest absolute Gasteiger partial charge is 0.351 e. The summed E-state index contributed by atoms with van der Waals surface area (Å²) in [6, 6.07) is 0. The van der Waals surface area contributed by atoms with Crippen LogP contribution in [0.2, 0.25) is 0 Å². The summed E-state index contributed by atoms with van der Waals surface area (Å²) >= 11 is 0. The van der Waals surface area contributed by atoms with Crippen LogP contribution in [-0.4, -0.2) is 29.5 Å². The smallest absolute Gasteiger partial charge is 0.255 e. The third-order valence-corrected chi connectivity index (χ3v) is 2.91. The van der Waals surface area contributed by atoms with Crippen molar-refractivity contribution in [1.82, 2.24) is 9.47 Å². The molecule has 3 nitrogen and oxygen atoms in total. The highest BCUT2D eigenvalue weighted by Crippen LogP contribution is 2.20. The monoisotopic (exact) mass is 194 g/mol. The zero-order valence-corrected chi connectivity index (χ0v) is 9.80. The Hall–Kier alpha value is -1.25. The molecular formula is C11H18N2O. The molecule has 0 aromatic carbocycles. The van der Waals surface area contributed by atoms with E-state index >= 15 is 0 Å². The number of carbonyl (C=O) groups is 1. The van der Waals surface area contributed by atoms with Gasteiger partial charge in [-0.1, -0.05) is 0 Å². The van der Waals surface area contributed by atoms with Crippen LogP contribution in [-0.2, 0) is 7.05 Å². The highest BCUT2D eigenvalue weighted by molar-refractivity contribution is 5.97. The fraction of sp³-hybridized carbons (Fsp3) is 0.545. The van der Waals surface area contributed by atoms with Crippen molar-refractivity contribution in [3.05, 3.63) is 22.5 Å². The first kappa shape index (κ1) is 10.8. The molecule has 0 saturated carbocycles. The standard InChI is InChI=1S/C11H18N2O/c1-7-8(2)13(6)9(3)10(7)11(14)12(4)5/h1-6H3. The quantitative estimate of drug-likeness (QED) is 0.667. The van der Waals surface area contributed by atoms with Gasteiger partial charge in [0.1, 0.15) is 0 Å². The SMILES string of the molecule is Cc1c(C(=O)N(C)C)c(C)n(C)c1C. The van der Waals surface area contributed by atoms with E-state index in [9.17, 15) is 4.79 Å². The molecular weight excluding hydrogens is 176 g/mol. The molecule has 78 valence electrons. The van der Waals surface area contributed by atoms with Crippen LogP contribution in [0, 0.1) is 20.8 Å². The van der Waals surface area contributed by atoms with E-state index in [1.807, 2.05) is 27.8 Å². The van der Waals surface area contributed by atoms with Gasteiger partial charge in [0.15, 0.2) is 0 Å². The molecule has 1 rings (SSSR count). The minimum atomic E-state index is 0.0868. The number of carbonyl (C=O) groups excluding carboxylic acids is 1. The van der Waals surface area contributed by atoms with Crippen molar-refractivity contribution in [2.45, 2.75) is 20.8 Å². The Kier molecular flexibility index (Phi) is 2.69. The summed E-state index contributed by atoms with van der Waals surface area (Å²) in [7, 11) is 5.55. The molecule has 3 heteroatoms. The number of hydrogen-bond acceptors (Lipinski definition) is 1. The van der Waals surface area contributed by atoms with Crippen LogP contribution in [0.4, 0.5) is 0 Å². The van der Waals surface area contributed by atoms with Crippen LogP contribution in [0.5, 0.6) is 0 Å². The zero-order chi connectivity index (χ0) is 11.0. The molecule has 0 saturated heterocycles. The Labute approximate surface area is 85.3 Å². The van der Waals surface area contributed by atoms with Gasteiger partial charge in [-0.25, -0.2) is 0 Å². The second kappa shape index (κ2) is 3.48. The highest BCUT2D eigenvalue weighted by Gasteiger charge is 2.19. The first-order valence-corrected chi connectivity index (χ1v) is 4.72. The summed E-state index contributed by atoms with van der Waals surface area (Å²) in [6.07, 6.45) is 0. The van der Waals surface area contributed by atoms with Crippen molar-refractivity contribution < 1.29 is 4.79 Å². The molecule has 1 aromatic rings. The zero-order valence-electron chi connectivity index (χ0n) is 9.80. The fourth-order valence-electron chi connectivity index (χ4n) is 1.66. The van der Waals surface area contributed by atoms with Crippen molar-refractivity contribution in [2.75, 3.05) is 14.1 Å². The van der Waals surface area contributed by atoms with Crippen LogP contribution in [0.1, 0.15) is 27.3 Å². The van der Waals surface area contributed by atoms with Crippen molar-refractivity contribution in [2.24, 2.45) is 7.05 Å². The van der Waals surface area contributed by atoms with Gasteiger partial charge < -0.3 is 9.47 Å².